The number of nitrogens with two attached hydrogens (primary N) is 1. The Labute approximate surface area is 134 Å². The number of hydrogen-bond donors (Lipinski definition) is 4. The van der Waals surface area contributed by atoms with Gasteiger partial charge in [-0.2, -0.15) is 0 Å². The molecule has 2 aromatic heterocycles. The second-order valence-corrected chi connectivity index (χ2v) is 6.11. The first-order chi connectivity index (χ1) is 11.2. The van der Waals surface area contributed by atoms with E-state index in [2.05, 4.69) is 15.1 Å². The molecule has 0 aliphatic rings. The van der Waals surface area contributed by atoms with Crippen LogP contribution in [0.5, 0.6) is 5.88 Å². The Morgan fingerprint density at radius 2 is 2.04 bits per heavy atom. The van der Waals surface area contributed by atoms with Gasteiger partial charge in [-0.15, -0.1) is 11.3 Å². The monoisotopic (exact) mass is 324 g/mol. The Kier molecular flexibility index (Phi) is 2.95. The molecule has 2 aromatic carbocycles. The topological polar surface area (TPSA) is 108 Å². The molecule has 0 fully saturated rings. The number of hydrogen-bond acceptors (Lipinski definition) is 5. The molecule has 2 heterocycles. The van der Waals surface area contributed by atoms with E-state index in [9.17, 15) is 5.11 Å². The lowest BCUT2D eigenvalue weighted by atomic mass is 10.1. The summed E-state index contributed by atoms with van der Waals surface area (Å²) in [6.45, 7) is 0. The summed E-state index contributed by atoms with van der Waals surface area (Å²) < 4.78 is 1.05. The van der Waals surface area contributed by atoms with Crippen molar-refractivity contribution < 1.29 is 10.3 Å². The van der Waals surface area contributed by atoms with Crippen molar-refractivity contribution in [3.05, 3.63) is 48.0 Å². The SMILES string of the molecule is NC(=NO)c1ccc2[nH]c(O)c(-c3nc4ccccc4s3)c2c1. The molecule has 23 heavy (non-hydrogen) atoms. The summed E-state index contributed by atoms with van der Waals surface area (Å²) in [6, 6.07) is 13.1. The average Bonchev–Trinajstić information content (AvgIpc) is 3.12. The first-order valence-electron chi connectivity index (χ1n) is 6.86. The van der Waals surface area contributed by atoms with Gasteiger partial charge in [0.2, 0.25) is 0 Å². The quantitative estimate of drug-likeness (QED) is 0.196. The third kappa shape index (κ3) is 2.09. The molecule has 5 N–H and O–H groups in total. The highest BCUT2D eigenvalue weighted by Crippen LogP contribution is 2.40. The molecule has 0 atom stereocenters. The number of nitrogens with zero attached hydrogens (tertiary/aromatic N) is 2. The van der Waals surface area contributed by atoms with Crippen LogP contribution in [0.2, 0.25) is 0 Å². The summed E-state index contributed by atoms with van der Waals surface area (Å²) in [5, 5.41) is 23.6. The summed E-state index contributed by atoms with van der Waals surface area (Å²) in [4.78, 5) is 7.52. The molecule has 0 amide bonds. The van der Waals surface area contributed by atoms with Gasteiger partial charge in [0.05, 0.1) is 15.8 Å². The van der Waals surface area contributed by atoms with Crippen LogP contribution in [0, 0.1) is 0 Å². The second kappa shape index (κ2) is 4.99. The van der Waals surface area contributed by atoms with Crippen LogP contribution in [0.4, 0.5) is 0 Å². The molecule has 7 heteroatoms. The lowest BCUT2D eigenvalue weighted by molar-refractivity contribution is 0.318. The van der Waals surface area contributed by atoms with Gasteiger partial charge in [-0.1, -0.05) is 17.3 Å². The maximum atomic E-state index is 10.3. The van der Waals surface area contributed by atoms with E-state index in [4.69, 9.17) is 10.9 Å². The molecular weight excluding hydrogens is 312 g/mol. The van der Waals surface area contributed by atoms with Crippen LogP contribution in [0.3, 0.4) is 0 Å². The number of amidine groups is 1. The van der Waals surface area contributed by atoms with E-state index in [0.29, 0.717) is 16.1 Å². The molecular formula is C16H12N4O2S. The molecule has 0 unspecified atom stereocenters. The van der Waals surface area contributed by atoms with Crippen molar-refractivity contribution in [2.75, 3.05) is 0 Å². The molecule has 0 saturated carbocycles. The third-order valence-electron chi connectivity index (χ3n) is 3.69. The molecule has 0 radical (unpaired) electrons. The van der Waals surface area contributed by atoms with E-state index < -0.39 is 0 Å². The number of thiazole rings is 1. The van der Waals surface area contributed by atoms with Crippen LogP contribution in [-0.2, 0) is 0 Å². The zero-order chi connectivity index (χ0) is 16.0. The zero-order valence-electron chi connectivity index (χ0n) is 11.8. The molecule has 0 saturated heterocycles. The average molecular weight is 324 g/mol. The molecule has 0 aliphatic heterocycles. The predicted octanol–water partition coefficient (Wildman–Crippen LogP) is 3.24. The van der Waals surface area contributed by atoms with Gasteiger partial charge < -0.3 is 21.0 Å². The third-order valence-corrected chi connectivity index (χ3v) is 4.74. The van der Waals surface area contributed by atoms with E-state index in [1.54, 1.807) is 18.2 Å². The van der Waals surface area contributed by atoms with Gasteiger partial charge >= 0.3 is 0 Å². The summed E-state index contributed by atoms with van der Waals surface area (Å²) in [5.74, 6) is 0.0681. The van der Waals surface area contributed by atoms with E-state index in [-0.39, 0.29) is 11.7 Å². The standard InChI is InChI=1S/C16H12N4O2S/c17-14(20-22)8-5-6-10-9(7-8)13(15(21)18-10)16-19-11-3-1-2-4-12(11)23-16/h1-7,18,21-22H,(H2,17,20). The number of para-hydroxylation sites is 1. The minimum absolute atomic E-state index is 0.0165. The molecule has 4 rings (SSSR count). The minimum Gasteiger partial charge on any atom is -0.494 e. The van der Waals surface area contributed by atoms with Gasteiger partial charge in [-0.05, 0) is 30.3 Å². The van der Waals surface area contributed by atoms with Crippen LogP contribution in [0.25, 0.3) is 31.7 Å². The van der Waals surface area contributed by atoms with Crippen molar-refractivity contribution in [3.63, 3.8) is 0 Å². The van der Waals surface area contributed by atoms with Crippen molar-refractivity contribution in [1.82, 2.24) is 9.97 Å². The lowest BCUT2D eigenvalue weighted by Crippen LogP contribution is -2.12. The minimum atomic E-state index is 0.0165. The highest BCUT2D eigenvalue weighted by molar-refractivity contribution is 7.21. The van der Waals surface area contributed by atoms with Crippen molar-refractivity contribution >= 4 is 38.3 Å². The predicted molar refractivity (Wildman–Crippen MR) is 91.1 cm³/mol. The zero-order valence-corrected chi connectivity index (χ0v) is 12.6. The maximum Gasteiger partial charge on any atom is 0.199 e. The van der Waals surface area contributed by atoms with Crippen molar-refractivity contribution in [3.8, 4) is 16.5 Å². The van der Waals surface area contributed by atoms with Crippen LogP contribution in [0.15, 0.2) is 47.6 Å². The summed E-state index contributed by atoms with van der Waals surface area (Å²) in [6.07, 6.45) is 0. The van der Waals surface area contributed by atoms with E-state index in [1.807, 2.05) is 24.3 Å². The first kappa shape index (κ1) is 13.6. The Hall–Kier alpha value is -3.06. The Morgan fingerprint density at radius 3 is 2.83 bits per heavy atom. The maximum absolute atomic E-state index is 10.3. The number of rotatable bonds is 2. The van der Waals surface area contributed by atoms with Crippen LogP contribution in [-0.4, -0.2) is 26.1 Å². The molecule has 4 aromatic rings. The summed E-state index contributed by atoms with van der Waals surface area (Å²) >= 11 is 1.50. The smallest absolute Gasteiger partial charge is 0.199 e. The summed E-state index contributed by atoms with van der Waals surface area (Å²) in [7, 11) is 0. The van der Waals surface area contributed by atoms with Crippen LogP contribution in [0.1, 0.15) is 5.56 Å². The van der Waals surface area contributed by atoms with Gasteiger partial charge in [-0.3, -0.25) is 0 Å². The van der Waals surface area contributed by atoms with Crippen molar-refractivity contribution in [2.45, 2.75) is 0 Å². The Morgan fingerprint density at radius 1 is 1.22 bits per heavy atom. The molecule has 6 nitrogen and oxygen atoms in total. The van der Waals surface area contributed by atoms with E-state index in [0.717, 1.165) is 21.1 Å². The number of aromatic hydroxyl groups is 1. The van der Waals surface area contributed by atoms with Gasteiger partial charge in [0, 0.05) is 16.5 Å². The van der Waals surface area contributed by atoms with Crippen LogP contribution < -0.4 is 5.73 Å². The highest BCUT2D eigenvalue weighted by Gasteiger charge is 2.17. The number of fused-ring (bicyclic) bond motifs is 2. The lowest BCUT2D eigenvalue weighted by Gasteiger charge is -2.00. The molecule has 0 spiro atoms. The molecule has 114 valence electrons. The Bertz CT molecular complexity index is 1030. The molecule has 0 bridgehead atoms. The fraction of sp³-hybridized carbons (Fsp3) is 0. The van der Waals surface area contributed by atoms with Gasteiger partial charge in [0.1, 0.15) is 5.01 Å². The number of benzene rings is 2. The second-order valence-electron chi connectivity index (χ2n) is 5.08. The fourth-order valence-electron chi connectivity index (χ4n) is 2.59. The van der Waals surface area contributed by atoms with Crippen LogP contribution >= 0.6 is 11.3 Å². The highest BCUT2D eigenvalue weighted by atomic mass is 32.1. The molecule has 0 aliphatic carbocycles. The fourth-order valence-corrected chi connectivity index (χ4v) is 3.62. The van der Waals surface area contributed by atoms with E-state index >= 15 is 0 Å². The van der Waals surface area contributed by atoms with Crippen molar-refractivity contribution in [2.24, 2.45) is 10.9 Å². The number of aromatic amines is 1. The number of aromatic nitrogens is 2. The number of H-pyrrole nitrogens is 1. The van der Waals surface area contributed by atoms with Gasteiger partial charge in [0.15, 0.2) is 11.7 Å². The Balaban J connectivity index is 1.99. The van der Waals surface area contributed by atoms with Gasteiger partial charge in [0.25, 0.3) is 0 Å². The summed E-state index contributed by atoms with van der Waals surface area (Å²) in [5.41, 5.74) is 8.49. The normalized spacial score (nSPS) is 12.3. The van der Waals surface area contributed by atoms with Gasteiger partial charge in [-0.25, -0.2) is 4.98 Å². The number of nitrogens with one attached hydrogen (secondary N) is 1. The first-order valence-corrected chi connectivity index (χ1v) is 7.67. The largest absolute Gasteiger partial charge is 0.494 e. The van der Waals surface area contributed by atoms with E-state index in [1.165, 1.54) is 11.3 Å². The number of oxime groups is 1. The van der Waals surface area contributed by atoms with Crippen molar-refractivity contribution in [1.29, 1.82) is 0 Å².